The SMILES string of the molecule is CC1(C)CC(=O)c2sc(NC(=O)c3cccc(NC(=O)C4CCCCC4)c3)nc2C1. The van der Waals surface area contributed by atoms with Crippen molar-refractivity contribution in [2.24, 2.45) is 11.3 Å². The summed E-state index contributed by atoms with van der Waals surface area (Å²) in [5.41, 5.74) is 1.72. The van der Waals surface area contributed by atoms with E-state index in [1.165, 1.54) is 17.8 Å². The van der Waals surface area contributed by atoms with Gasteiger partial charge in [-0.25, -0.2) is 4.98 Å². The zero-order valence-corrected chi connectivity index (χ0v) is 18.2. The summed E-state index contributed by atoms with van der Waals surface area (Å²) >= 11 is 1.24. The van der Waals surface area contributed by atoms with Crippen LogP contribution in [0.25, 0.3) is 0 Å². The van der Waals surface area contributed by atoms with Crippen LogP contribution >= 0.6 is 11.3 Å². The molecule has 30 heavy (non-hydrogen) atoms. The van der Waals surface area contributed by atoms with Gasteiger partial charge in [-0.3, -0.25) is 19.7 Å². The molecule has 6 nitrogen and oxygen atoms in total. The smallest absolute Gasteiger partial charge is 0.257 e. The van der Waals surface area contributed by atoms with Gasteiger partial charge in [0.15, 0.2) is 10.9 Å². The van der Waals surface area contributed by atoms with Crippen LogP contribution in [0.1, 0.15) is 78.1 Å². The maximum Gasteiger partial charge on any atom is 0.257 e. The Morgan fingerprint density at radius 2 is 1.87 bits per heavy atom. The summed E-state index contributed by atoms with van der Waals surface area (Å²) in [6.45, 7) is 4.11. The maximum absolute atomic E-state index is 12.7. The molecule has 2 amide bonds. The lowest BCUT2D eigenvalue weighted by Crippen LogP contribution is -2.26. The van der Waals surface area contributed by atoms with Gasteiger partial charge in [0, 0.05) is 23.6 Å². The first kappa shape index (κ1) is 20.7. The van der Waals surface area contributed by atoms with Crippen LogP contribution in [-0.4, -0.2) is 22.6 Å². The van der Waals surface area contributed by atoms with Crippen molar-refractivity contribution in [2.45, 2.75) is 58.8 Å². The highest BCUT2D eigenvalue weighted by Gasteiger charge is 2.34. The van der Waals surface area contributed by atoms with Crippen molar-refractivity contribution in [2.75, 3.05) is 10.6 Å². The van der Waals surface area contributed by atoms with Crippen molar-refractivity contribution < 1.29 is 14.4 Å². The Bertz CT molecular complexity index is 989. The van der Waals surface area contributed by atoms with Gasteiger partial charge in [0.1, 0.15) is 0 Å². The second-order valence-electron chi connectivity index (χ2n) is 9.09. The first-order valence-corrected chi connectivity index (χ1v) is 11.4. The van der Waals surface area contributed by atoms with Gasteiger partial charge in [-0.15, -0.1) is 0 Å². The van der Waals surface area contributed by atoms with Crippen LogP contribution in [0.2, 0.25) is 0 Å². The number of nitrogens with one attached hydrogen (secondary N) is 2. The highest BCUT2D eigenvalue weighted by molar-refractivity contribution is 7.17. The summed E-state index contributed by atoms with van der Waals surface area (Å²) < 4.78 is 0. The van der Waals surface area contributed by atoms with Crippen molar-refractivity contribution in [3.8, 4) is 0 Å². The number of hydrogen-bond donors (Lipinski definition) is 2. The lowest BCUT2D eigenvalue weighted by atomic mass is 9.78. The molecule has 0 aliphatic heterocycles. The minimum absolute atomic E-state index is 0.0287. The van der Waals surface area contributed by atoms with E-state index in [1.807, 2.05) is 0 Å². The Labute approximate surface area is 180 Å². The zero-order valence-electron chi connectivity index (χ0n) is 17.4. The number of nitrogens with zero attached hydrogens (tertiary/aromatic N) is 1. The van der Waals surface area contributed by atoms with Crippen molar-refractivity contribution >= 4 is 39.8 Å². The van der Waals surface area contributed by atoms with E-state index in [1.54, 1.807) is 24.3 Å². The van der Waals surface area contributed by atoms with Gasteiger partial charge in [0.05, 0.1) is 10.6 Å². The highest BCUT2D eigenvalue weighted by Crippen LogP contribution is 2.38. The number of carbonyl (C=O) groups is 3. The van der Waals surface area contributed by atoms with Gasteiger partial charge in [0.25, 0.3) is 5.91 Å². The molecular weight excluding hydrogens is 398 g/mol. The van der Waals surface area contributed by atoms with E-state index in [9.17, 15) is 14.4 Å². The molecule has 0 unspecified atom stereocenters. The molecule has 0 atom stereocenters. The molecule has 7 heteroatoms. The lowest BCUT2D eigenvalue weighted by molar-refractivity contribution is -0.120. The molecule has 4 rings (SSSR count). The third-order valence-electron chi connectivity index (χ3n) is 5.82. The number of amides is 2. The summed E-state index contributed by atoms with van der Waals surface area (Å²) in [4.78, 5) is 42.7. The Morgan fingerprint density at radius 3 is 2.63 bits per heavy atom. The monoisotopic (exact) mass is 425 g/mol. The minimum atomic E-state index is -0.304. The third-order valence-corrected chi connectivity index (χ3v) is 6.88. The molecular formula is C23H27N3O3S. The van der Waals surface area contributed by atoms with Crippen LogP contribution in [0.5, 0.6) is 0 Å². The average molecular weight is 426 g/mol. The fourth-order valence-electron chi connectivity index (χ4n) is 4.29. The minimum Gasteiger partial charge on any atom is -0.326 e. The van der Waals surface area contributed by atoms with Crippen LogP contribution < -0.4 is 10.6 Å². The van der Waals surface area contributed by atoms with E-state index in [4.69, 9.17) is 0 Å². The summed E-state index contributed by atoms with van der Waals surface area (Å²) in [6.07, 6.45) is 6.46. The number of carbonyl (C=O) groups excluding carboxylic acids is 3. The number of anilines is 2. The molecule has 1 saturated carbocycles. The molecule has 0 spiro atoms. The molecule has 158 valence electrons. The Balaban J connectivity index is 1.44. The normalized spacial score (nSPS) is 18.5. The number of fused-ring (bicyclic) bond motifs is 1. The number of rotatable bonds is 4. The van der Waals surface area contributed by atoms with Crippen LogP contribution in [-0.2, 0) is 11.2 Å². The van der Waals surface area contributed by atoms with Gasteiger partial charge < -0.3 is 5.32 Å². The number of thiazole rings is 1. The molecule has 0 bridgehead atoms. The fourth-order valence-corrected chi connectivity index (χ4v) is 5.20. The second-order valence-corrected chi connectivity index (χ2v) is 10.1. The van der Waals surface area contributed by atoms with Gasteiger partial charge in [0.2, 0.25) is 5.91 Å². The number of Topliss-reactive ketones (excluding diaryl/α,β-unsaturated/α-hetero) is 1. The van der Waals surface area contributed by atoms with Crippen LogP contribution in [0.3, 0.4) is 0 Å². The lowest BCUT2D eigenvalue weighted by Gasteiger charge is -2.26. The number of hydrogen-bond acceptors (Lipinski definition) is 5. The van der Waals surface area contributed by atoms with Crippen molar-refractivity contribution in [1.29, 1.82) is 0 Å². The largest absolute Gasteiger partial charge is 0.326 e. The van der Waals surface area contributed by atoms with E-state index >= 15 is 0 Å². The first-order valence-electron chi connectivity index (χ1n) is 10.6. The molecule has 1 aromatic carbocycles. The zero-order chi connectivity index (χ0) is 21.3. The Kier molecular flexibility index (Phi) is 5.73. The van der Waals surface area contributed by atoms with Crippen LogP contribution in [0.4, 0.5) is 10.8 Å². The molecule has 2 aliphatic carbocycles. The van der Waals surface area contributed by atoms with E-state index in [0.29, 0.717) is 27.7 Å². The van der Waals surface area contributed by atoms with Gasteiger partial charge >= 0.3 is 0 Å². The van der Waals surface area contributed by atoms with E-state index in [0.717, 1.165) is 37.8 Å². The molecule has 2 aromatic rings. The van der Waals surface area contributed by atoms with E-state index in [2.05, 4.69) is 29.5 Å². The fraction of sp³-hybridized carbons (Fsp3) is 0.478. The van der Waals surface area contributed by atoms with Gasteiger partial charge in [-0.1, -0.05) is 50.5 Å². The molecule has 2 aliphatic rings. The average Bonchev–Trinajstić information content (AvgIpc) is 3.10. The number of ketones is 1. The number of aromatic nitrogens is 1. The summed E-state index contributed by atoms with van der Waals surface area (Å²) in [5, 5.41) is 6.20. The third kappa shape index (κ3) is 4.61. The van der Waals surface area contributed by atoms with Gasteiger partial charge in [-0.05, 0) is 42.9 Å². The standard InChI is InChI=1S/C23H27N3O3S/c1-23(2)12-17-19(18(27)13-23)30-22(25-17)26-21(29)15-9-6-10-16(11-15)24-20(28)14-7-4-3-5-8-14/h6,9-11,14H,3-5,7-8,12-13H2,1-2H3,(H,24,28)(H,25,26,29). The summed E-state index contributed by atoms with van der Waals surface area (Å²) in [6, 6.07) is 6.93. The van der Waals surface area contributed by atoms with Crippen molar-refractivity contribution in [1.82, 2.24) is 4.98 Å². The highest BCUT2D eigenvalue weighted by atomic mass is 32.1. The first-order chi connectivity index (χ1) is 14.3. The van der Waals surface area contributed by atoms with E-state index in [-0.39, 0.29) is 28.9 Å². The summed E-state index contributed by atoms with van der Waals surface area (Å²) in [5.74, 6) is -0.131. The Morgan fingerprint density at radius 1 is 1.10 bits per heavy atom. The molecule has 2 N–H and O–H groups in total. The van der Waals surface area contributed by atoms with Crippen LogP contribution in [0.15, 0.2) is 24.3 Å². The topological polar surface area (TPSA) is 88.2 Å². The van der Waals surface area contributed by atoms with Crippen molar-refractivity contribution in [3.05, 3.63) is 40.4 Å². The van der Waals surface area contributed by atoms with Crippen molar-refractivity contribution in [3.63, 3.8) is 0 Å². The number of benzene rings is 1. The van der Waals surface area contributed by atoms with Crippen LogP contribution in [0, 0.1) is 11.3 Å². The van der Waals surface area contributed by atoms with Gasteiger partial charge in [-0.2, -0.15) is 0 Å². The quantitative estimate of drug-likeness (QED) is 0.716. The molecule has 0 saturated heterocycles. The van der Waals surface area contributed by atoms with E-state index < -0.39 is 0 Å². The molecule has 1 fully saturated rings. The maximum atomic E-state index is 12.7. The summed E-state index contributed by atoms with van der Waals surface area (Å²) in [7, 11) is 0. The predicted octanol–water partition coefficient (Wildman–Crippen LogP) is 5.07. The predicted molar refractivity (Wildman–Crippen MR) is 118 cm³/mol. The second kappa shape index (κ2) is 8.30. The molecule has 0 radical (unpaired) electrons. The molecule has 1 aromatic heterocycles. The molecule has 1 heterocycles. The Hall–Kier alpha value is -2.54.